The second-order valence-corrected chi connectivity index (χ2v) is 3.72. The van der Waals surface area contributed by atoms with Crippen LogP contribution in [0.1, 0.15) is 44.8 Å². The van der Waals surface area contributed by atoms with Crippen LogP contribution in [0.15, 0.2) is 0 Å². The third kappa shape index (κ3) is 2.10. The first kappa shape index (κ1) is 10.7. The van der Waals surface area contributed by atoms with Crippen molar-refractivity contribution in [1.82, 2.24) is 14.8 Å². The smallest absolute Gasteiger partial charge is 0.143 e. The standard InChI is InChI=1S/C9H16BrN3/c1-4-7(3)9-12-11-8(6-10)13(9)5-2/h7H,4-6H2,1-3H3. The van der Waals surface area contributed by atoms with Gasteiger partial charge in [0.25, 0.3) is 0 Å². The lowest BCUT2D eigenvalue weighted by atomic mass is 10.1. The first-order chi connectivity index (χ1) is 6.24. The maximum absolute atomic E-state index is 4.21. The minimum absolute atomic E-state index is 0.500. The molecule has 0 amide bonds. The zero-order valence-electron chi connectivity index (χ0n) is 8.42. The van der Waals surface area contributed by atoms with Crippen molar-refractivity contribution in [3.05, 3.63) is 11.6 Å². The molecule has 0 aliphatic rings. The SMILES string of the molecule is CCC(C)c1nnc(CBr)n1CC. The Labute approximate surface area is 87.7 Å². The van der Waals surface area contributed by atoms with E-state index in [0.717, 1.165) is 29.9 Å². The van der Waals surface area contributed by atoms with E-state index in [-0.39, 0.29) is 0 Å². The Morgan fingerprint density at radius 1 is 1.38 bits per heavy atom. The van der Waals surface area contributed by atoms with Crippen LogP contribution in [0.2, 0.25) is 0 Å². The van der Waals surface area contributed by atoms with Crippen LogP contribution in [0.5, 0.6) is 0 Å². The van der Waals surface area contributed by atoms with Crippen LogP contribution in [0.4, 0.5) is 0 Å². The Hall–Kier alpha value is -0.380. The molecule has 0 N–H and O–H groups in total. The van der Waals surface area contributed by atoms with Gasteiger partial charge in [0.1, 0.15) is 11.6 Å². The molecule has 1 atom stereocenters. The van der Waals surface area contributed by atoms with E-state index in [2.05, 4.69) is 51.5 Å². The van der Waals surface area contributed by atoms with E-state index >= 15 is 0 Å². The third-order valence-corrected chi connectivity index (χ3v) is 2.85. The summed E-state index contributed by atoms with van der Waals surface area (Å²) >= 11 is 3.41. The van der Waals surface area contributed by atoms with Crippen LogP contribution in [0, 0.1) is 0 Å². The highest BCUT2D eigenvalue weighted by Gasteiger charge is 2.14. The normalized spacial score (nSPS) is 13.2. The van der Waals surface area contributed by atoms with Gasteiger partial charge in [0.05, 0.1) is 5.33 Å². The highest BCUT2D eigenvalue weighted by molar-refractivity contribution is 9.08. The molecule has 0 fully saturated rings. The summed E-state index contributed by atoms with van der Waals surface area (Å²) < 4.78 is 2.18. The van der Waals surface area contributed by atoms with Crippen LogP contribution in [-0.2, 0) is 11.9 Å². The highest BCUT2D eigenvalue weighted by Crippen LogP contribution is 2.18. The molecule has 1 unspecified atom stereocenters. The molecule has 13 heavy (non-hydrogen) atoms. The molecule has 3 nitrogen and oxygen atoms in total. The van der Waals surface area contributed by atoms with E-state index in [1.54, 1.807) is 0 Å². The molecular weight excluding hydrogens is 230 g/mol. The van der Waals surface area contributed by atoms with Crippen molar-refractivity contribution in [2.24, 2.45) is 0 Å². The van der Waals surface area contributed by atoms with Gasteiger partial charge < -0.3 is 4.57 Å². The summed E-state index contributed by atoms with van der Waals surface area (Å²) in [6.45, 7) is 7.44. The Kier molecular flexibility index (Phi) is 3.90. The third-order valence-electron chi connectivity index (χ3n) is 2.34. The van der Waals surface area contributed by atoms with Crippen molar-refractivity contribution in [2.45, 2.75) is 45.0 Å². The van der Waals surface area contributed by atoms with Gasteiger partial charge in [-0.15, -0.1) is 10.2 Å². The van der Waals surface area contributed by atoms with E-state index < -0.39 is 0 Å². The molecule has 0 spiro atoms. The van der Waals surface area contributed by atoms with Gasteiger partial charge in [0, 0.05) is 12.5 Å². The fraction of sp³-hybridized carbons (Fsp3) is 0.778. The van der Waals surface area contributed by atoms with Crippen molar-refractivity contribution in [2.75, 3.05) is 0 Å². The zero-order chi connectivity index (χ0) is 9.84. The lowest BCUT2D eigenvalue weighted by Gasteiger charge is -2.10. The Morgan fingerprint density at radius 2 is 2.08 bits per heavy atom. The lowest BCUT2D eigenvalue weighted by molar-refractivity contribution is 0.599. The molecular formula is C9H16BrN3. The summed E-state index contributed by atoms with van der Waals surface area (Å²) in [5.41, 5.74) is 0. The quantitative estimate of drug-likeness (QED) is 0.765. The van der Waals surface area contributed by atoms with Crippen LogP contribution in [-0.4, -0.2) is 14.8 Å². The molecule has 4 heteroatoms. The fourth-order valence-corrected chi connectivity index (χ4v) is 1.75. The molecule has 1 rings (SSSR count). The van der Waals surface area contributed by atoms with Gasteiger partial charge >= 0.3 is 0 Å². The number of rotatable bonds is 4. The van der Waals surface area contributed by atoms with Crippen LogP contribution in [0.3, 0.4) is 0 Å². The summed E-state index contributed by atoms with van der Waals surface area (Å²) in [7, 11) is 0. The number of aromatic nitrogens is 3. The van der Waals surface area contributed by atoms with Gasteiger partial charge in [-0.3, -0.25) is 0 Å². The fourth-order valence-electron chi connectivity index (χ4n) is 1.34. The summed E-state index contributed by atoms with van der Waals surface area (Å²) in [4.78, 5) is 0. The van der Waals surface area contributed by atoms with E-state index in [4.69, 9.17) is 0 Å². The Bertz CT molecular complexity index is 270. The molecule has 0 aliphatic heterocycles. The number of hydrogen-bond donors (Lipinski definition) is 0. The van der Waals surface area contributed by atoms with Gasteiger partial charge in [0.2, 0.25) is 0 Å². The van der Waals surface area contributed by atoms with Crippen molar-refractivity contribution >= 4 is 15.9 Å². The Balaban J connectivity index is 3.00. The molecule has 0 radical (unpaired) electrons. The summed E-state index contributed by atoms with van der Waals surface area (Å²) in [6, 6.07) is 0. The molecule has 0 saturated heterocycles. The maximum Gasteiger partial charge on any atom is 0.143 e. The molecule has 0 aliphatic carbocycles. The average Bonchev–Trinajstić information content (AvgIpc) is 2.58. The summed E-state index contributed by atoms with van der Waals surface area (Å²) in [5, 5.41) is 9.13. The average molecular weight is 246 g/mol. The molecule has 1 aromatic rings. The van der Waals surface area contributed by atoms with Gasteiger partial charge in [0.15, 0.2) is 0 Å². The minimum atomic E-state index is 0.500. The molecule has 0 aromatic carbocycles. The number of alkyl halides is 1. The van der Waals surface area contributed by atoms with Crippen LogP contribution < -0.4 is 0 Å². The van der Waals surface area contributed by atoms with Gasteiger partial charge in [-0.05, 0) is 13.3 Å². The van der Waals surface area contributed by atoms with Crippen molar-refractivity contribution in [1.29, 1.82) is 0 Å². The monoisotopic (exact) mass is 245 g/mol. The van der Waals surface area contributed by atoms with E-state index in [1.165, 1.54) is 0 Å². The molecule has 1 aromatic heterocycles. The van der Waals surface area contributed by atoms with Crippen molar-refractivity contribution in [3.8, 4) is 0 Å². The predicted octanol–water partition coefficient (Wildman–Crippen LogP) is 2.71. The number of halogens is 1. The van der Waals surface area contributed by atoms with Crippen molar-refractivity contribution in [3.63, 3.8) is 0 Å². The van der Waals surface area contributed by atoms with Crippen LogP contribution >= 0.6 is 15.9 Å². The topological polar surface area (TPSA) is 30.7 Å². The van der Waals surface area contributed by atoms with Gasteiger partial charge in [-0.2, -0.15) is 0 Å². The summed E-state index contributed by atoms with van der Waals surface area (Å²) in [5.74, 6) is 2.64. The molecule has 1 heterocycles. The van der Waals surface area contributed by atoms with E-state index in [0.29, 0.717) is 5.92 Å². The molecule has 74 valence electrons. The first-order valence-corrected chi connectivity index (χ1v) is 5.84. The van der Waals surface area contributed by atoms with Crippen LogP contribution in [0.25, 0.3) is 0 Å². The number of hydrogen-bond acceptors (Lipinski definition) is 2. The van der Waals surface area contributed by atoms with Gasteiger partial charge in [-0.1, -0.05) is 29.8 Å². The summed E-state index contributed by atoms with van der Waals surface area (Å²) in [6.07, 6.45) is 1.11. The molecule has 0 saturated carbocycles. The Morgan fingerprint density at radius 3 is 2.54 bits per heavy atom. The largest absolute Gasteiger partial charge is 0.314 e. The van der Waals surface area contributed by atoms with E-state index in [9.17, 15) is 0 Å². The van der Waals surface area contributed by atoms with Crippen molar-refractivity contribution < 1.29 is 0 Å². The first-order valence-electron chi connectivity index (χ1n) is 4.72. The maximum atomic E-state index is 4.21. The second kappa shape index (κ2) is 4.74. The van der Waals surface area contributed by atoms with E-state index in [1.807, 2.05) is 0 Å². The number of nitrogens with zero attached hydrogens (tertiary/aromatic N) is 3. The highest BCUT2D eigenvalue weighted by atomic mass is 79.9. The molecule has 0 bridgehead atoms. The zero-order valence-corrected chi connectivity index (χ0v) is 10.0. The van der Waals surface area contributed by atoms with Gasteiger partial charge in [-0.25, -0.2) is 0 Å². The second-order valence-electron chi connectivity index (χ2n) is 3.16. The minimum Gasteiger partial charge on any atom is -0.314 e. The predicted molar refractivity (Wildman–Crippen MR) is 57.0 cm³/mol. The lowest BCUT2D eigenvalue weighted by Crippen LogP contribution is -2.07.